The summed E-state index contributed by atoms with van der Waals surface area (Å²) in [5.74, 6) is -0.175. The highest BCUT2D eigenvalue weighted by molar-refractivity contribution is 8.14. The van der Waals surface area contributed by atoms with E-state index in [1.807, 2.05) is 0 Å². The van der Waals surface area contributed by atoms with E-state index in [1.165, 1.54) is 11.8 Å². The van der Waals surface area contributed by atoms with Crippen LogP contribution < -0.4 is 10.7 Å². The maximum Gasteiger partial charge on any atom is 0.257 e. The Balaban J connectivity index is 1.96. The van der Waals surface area contributed by atoms with Crippen LogP contribution in [0.15, 0.2) is 29.4 Å². The van der Waals surface area contributed by atoms with Crippen LogP contribution in [-0.2, 0) is 0 Å². The Morgan fingerprint density at radius 2 is 2.24 bits per heavy atom. The first-order valence-corrected chi connectivity index (χ1v) is 6.51. The molecule has 90 valence electrons. The van der Waals surface area contributed by atoms with E-state index in [0.29, 0.717) is 15.8 Å². The SMILES string of the molecule is CCC1NN=C(NC(=O)c2ccc(Cl)cc2)S1. The zero-order valence-corrected chi connectivity index (χ0v) is 10.8. The van der Waals surface area contributed by atoms with Gasteiger partial charge in [0.25, 0.3) is 5.91 Å². The Morgan fingerprint density at radius 1 is 1.53 bits per heavy atom. The molecule has 0 bridgehead atoms. The fourth-order valence-corrected chi connectivity index (χ4v) is 2.25. The highest BCUT2D eigenvalue weighted by Crippen LogP contribution is 2.18. The van der Waals surface area contributed by atoms with Crippen molar-refractivity contribution in [3.63, 3.8) is 0 Å². The molecule has 1 atom stereocenters. The van der Waals surface area contributed by atoms with Crippen LogP contribution >= 0.6 is 23.4 Å². The number of hydrazone groups is 1. The minimum atomic E-state index is -0.175. The van der Waals surface area contributed by atoms with Gasteiger partial charge in [0.15, 0.2) is 5.17 Å². The molecule has 1 heterocycles. The largest absolute Gasteiger partial charge is 0.300 e. The lowest BCUT2D eigenvalue weighted by Crippen LogP contribution is -2.27. The summed E-state index contributed by atoms with van der Waals surface area (Å²) in [6.07, 6.45) is 0.953. The van der Waals surface area contributed by atoms with Gasteiger partial charge in [-0.3, -0.25) is 15.5 Å². The van der Waals surface area contributed by atoms with Crippen LogP contribution in [0.1, 0.15) is 23.7 Å². The van der Waals surface area contributed by atoms with Gasteiger partial charge in [-0.15, -0.1) is 0 Å². The number of amidine groups is 1. The van der Waals surface area contributed by atoms with Gasteiger partial charge in [-0.25, -0.2) is 0 Å². The second-order valence-electron chi connectivity index (χ2n) is 3.52. The first-order valence-electron chi connectivity index (χ1n) is 5.26. The average Bonchev–Trinajstić information content (AvgIpc) is 2.77. The van der Waals surface area contributed by atoms with Crippen LogP contribution in [0.4, 0.5) is 0 Å². The minimum absolute atomic E-state index is 0.175. The lowest BCUT2D eigenvalue weighted by atomic mass is 10.2. The molecule has 1 unspecified atom stereocenters. The molecule has 0 aromatic heterocycles. The predicted octanol–water partition coefficient (Wildman–Crippen LogP) is 2.41. The zero-order chi connectivity index (χ0) is 12.3. The number of thioether (sulfide) groups is 1. The average molecular weight is 270 g/mol. The minimum Gasteiger partial charge on any atom is -0.300 e. The van der Waals surface area contributed by atoms with Gasteiger partial charge in [0.1, 0.15) is 0 Å². The Bertz CT molecular complexity index is 447. The summed E-state index contributed by atoms with van der Waals surface area (Å²) in [6, 6.07) is 6.74. The molecule has 1 amide bonds. The highest BCUT2D eigenvalue weighted by Gasteiger charge is 2.19. The molecule has 0 fully saturated rings. The smallest absolute Gasteiger partial charge is 0.257 e. The third kappa shape index (κ3) is 3.14. The van der Waals surface area contributed by atoms with E-state index in [2.05, 4.69) is 22.8 Å². The fraction of sp³-hybridized carbons (Fsp3) is 0.273. The van der Waals surface area contributed by atoms with E-state index in [-0.39, 0.29) is 11.3 Å². The molecule has 0 aliphatic carbocycles. The monoisotopic (exact) mass is 269 g/mol. The molecular formula is C11H12ClN3OS. The number of nitrogens with one attached hydrogen (secondary N) is 2. The van der Waals surface area contributed by atoms with Crippen molar-refractivity contribution in [2.24, 2.45) is 5.10 Å². The first-order chi connectivity index (χ1) is 8.19. The molecule has 2 rings (SSSR count). The number of carbonyl (C=O) groups is 1. The molecule has 0 saturated carbocycles. The zero-order valence-electron chi connectivity index (χ0n) is 9.24. The summed E-state index contributed by atoms with van der Waals surface area (Å²) in [4.78, 5) is 11.8. The van der Waals surface area contributed by atoms with E-state index >= 15 is 0 Å². The number of halogens is 1. The maximum absolute atomic E-state index is 11.8. The molecule has 4 nitrogen and oxygen atoms in total. The summed E-state index contributed by atoms with van der Waals surface area (Å²) in [7, 11) is 0. The summed E-state index contributed by atoms with van der Waals surface area (Å²) in [6.45, 7) is 2.06. The second-order valence-corrected chi connectivity index (χ2v) is 5.15. The van der Waals surface area contributed by atoms with Crippen molar-refractivity contribution in [1.82, 2.24) is 10.7 Å². The Kier molecular flexibility index (Phi) is 3.91. The molecular weight excluding hydrogens is 258 g/mol. The van der Waals surface area contributed by atoms with E-state index < -0.39 is 0 Å². The third-order valence-corrected chi connectivity index (χ3v) is 3.65. The van der Waals surface area contributed by atoms with Crippen molar-refractivity contribution in [2.75, 3.05) is 0 Å². The van der Waals surface area contributed by atoms with Gasteiger partial charge in [-0.05, 0) is 30.7 Å². The second kappa shape index (κ2) is 5.42. The molecule has 1 aromatic carbocycles. The lowest BCUT2D eigenvalue weighted by molar-refractivity contribution is 0.0978. The van der Waals surface area contributed by atoms with E-state index in [4.69, 9.17) is 11.6 Å². The van der Waals surface area contributed by atoms with Gasteiger partial charge in [-0.2, -0.15) is 5.10 Å². The number of hydrogen-bond donors (Lipinski definition) is 2. The number of hydrogen-bond acceptors (Lipinski definition) is 4. The van der Waals surface area contributed by atoms with Crippen LogP contribution in [0, 0.1) is 0 Å². The van der Waals surface area contributed by atoms with Crippen LogP contribution in [0.3, 0.4) is 0 Å². The van der Waals surface area contributed by atoms with Crippen LogP contribution in [-0.4, -0.2) is 16.4 Å². The third-order valence-electron chi connectivity index (χ3n) is 2.26. The molecule has 1 aliphatic heterocycles. The summed E-state index contributed by atoms with van der Waals surface area (Å²) in [5, 5.41) is 8.26. The van der Waals surface area contributed by atoms with Crippen molar-refractivity contribution in [3.05, 3.63) is 34.9 Å². The van der Waals surface area contributed by atoms with Crippen molar-refractivity contribution < 1.29 is 4.79 Å². The summed E-state index contributed by atoms with van der Waals surface area (Å²) in [5.41, 5.74) is 3.50. The van der Waals surface area contributed by atoms with Gasteiger partial charge in [-0.1, -0.05) is 30.3 Å². The molecule has 17 heavy (non-hydrogen) atoms. The molecule has 1 aliphatic rings. The van der Waals surface area contributed by atoms with E-state index in [1.54, 1.807) is 24.3 Å². The highest BCUT2D eigenvalue weighted by atomic mass is 35.5. The van der Waals surface area contributed by atoms with Crippen molar-refractivity contribution in [2.45, 2.75) is 18.7 Å². The Hall–Kier alpha value is -1.20. The van der Waals surface area contributed by atoms with E-state index in [9.17, 15) is 4.79 Å². The fourth-order valence-electron chi connectivity index (χ4n) is 1.32. The number of benzene rings is 1. The van der Waals surface area contributed by atoms with Crippen LogP contribution in [0.25, 0.3) is 0 Å². The number of nitrogens with zero attached hydrogens (tertiary/aromatic N) is 1. The quantitative estimate of drug-likeness (QED) is 0.867. The van der Waals surface area contributed by atoms with Crippen LogP contribution in [0.2, 0.25) is 5.02 Å². The predicted molar refractivity (Wildman–Crippen MR) is 71.2 cm³/mol. The summed E-state index contributed by atoms with van der Waals surface area (Å²) < 4.78 is 0. The molecule has 0 spiro atoms. The maximum atomic E-state index is 11.8. The number of amides is 1. The molecule has 0 saturated heterocycles. The molecule has 0 radical (unpaired) electrons. The normalized spacial score (nSPS) is 18.5. The van der Waals surface area contributed by atoms with Gasteiger partial charge in [0, 0.05) is 10.6 Å². The standard InChI is InChI=1S/C11H12ClN3OS/c1-2-9-14-15-11(17-9)13-10(16)7-3-5-8(12)6-4-7/h3-6,9,14H,2H2,1H3,(H,13,15,16). The number of rotatable bonds is 2. The van der Waals surface area contributed by atoms with Gasteiger partial charge in [0.05, 0.1) is 5.37 Å². The van der Waals surface area contributed by atoms with Crippen LogP contribution in [0.5, 0.6) is 0 Å². The molecule has 6 heteroatoms. The first kappa shape index (κ1) is 12.3. The van der Waals surface area contributed by atoms with Crippen molar-refractivity contribution in [1.29, 1.82) is 0 Å². The Morgan fingerprint density at radius 3 is 2.82 bits per heavy atom. The lowest BCUT2D eigenvalue weighted by Gasteiger charge is -2.05. The van der Waals surface area contributed by atoms with Crippen molar-refractivity contribution in [3.8, 4) is 0 Å². The van der Waals surface area contributed by atoms with Crippen molar-refractivity contribution >= 4 is 34.4 Å². The topological polar surface area (TPSA) is 53.5 Å². The van der Waals surface area contributed by atoms with E-state index in [0.717, 1.165) is 6.42 Å². The Labute approximate surface area is 109 Å². The van der Waals surface area contributed by atoms with Gasteiger partial charge < -0.3 is 0 Å². The van der Waals surface area contributed by atoms with Gasteiger partial charge in [0.2, 0.25) is 0 Å². The number of carbonyl (C=O) groups excluding carboxylic acids is 1. The molecule has 1 aromatic rings. The van der Waals surface area contributed by atoms with Gasteiger partial charge >= 0.3 is 0 Å². The molecule has 2 N–H and O–H groups in total. The summed E-state index contributed by atoms with van der Waals surface area (Å²) >= 11 is 7.27.